The second-order valence-electron chi connectivity index (χ2n) is 5.28. The van der Waals surface area contributed by atoms with Crippen molar-refractivity contribution in [1.29, 1.82) is 0 Å². The molecule has 21 heavy (non-hydrogen) atoms. The van der Waals surface area contributed by atoms with Crippen LogP contribution in [0.15, 0.2) is 18.5 Å². The third-order valence-corrected chi connectivity index (χ3v) is 3.37. The maximum atomic E-state index is 12.2. The van der Waals surface area contributed by atoms with E-state index in [2.05, 4.69) is 10.4 Å². The average molecular weight is 296 g/mol. The third kappa shape index (κ3) is 5.02. The van der Waals surface area contributed by atoms with Gasteiger partial charge in [0.2, 0.25) is 0 Å². The topological polar surface area (TPSA) is 68.6 Å². The van der Waals surface area contributed by atoms with Gasteiger partial charge in [-0.3, -0.25) is 4.68 Å². The maximum Gasteiger partial charge on any atom is 0.317 e. The molecule has 1 N–H and O–H groups in total. The number of carbonyl (C=O) groups excluding carboxylic acids is 1. The van der Waals surface area contributed by atoms with E-state index in [0.29, 0.717) is 26.2 Å². The number of aromatic nitrogens is 2. The van der Waals surface area contributed by atoms with Gasteiger partial charge in [-0.25, -0.2) is 4.79 Å². The van der Waals surface area contributed by atoms with Crippen molar-refractivity contribution in [3.63, 3.8) is 0 Å². The van der Waals surface area contributed by atoms with Crippen molar-refractivity contribution in [2.45, 2.75) is 32.1 Å². The Morgan fingerprint density at radius 3 is 3.10 bits per heavy atom. The molecule has 1 fully saturated rings. The molecule has 0 spiro atoms. The van der Waals surface area contributed by atoms with E-state index in [9.17, 15) is 4.79 Å². The number of urea groups is 1. The van der Waals surface area contributed by atoms with Crippen LogP contribution in [0, 0.1) is 0 Å². The molecule has 1 saturated heterocycles. The van der Waals surface area contributed by atoms with Crippen LogP contribution in [0.2, 0.25) is 0 Å². The highest BCUT2D eigenvalue weighted by Crippen LogP contribution is 2.11. The van der Waals surface area contributed by atoms with E-state index >= 15 is 0 Å². The van der Waals surface area contributed by atoms with Crippen LogP contribution in [0.4, 0.5) is 4.79 Å². The van der Waals surface area contributed by atoms with Gasteiger partial charge in [0.25, 0.3) is 0 Å². The van der Waals surface area contributed by atoms with Crippen LogP contribution in [-0.2, 0) is 16.0 Å². The molecule has 0 aromatic carbocycles. The van der Waals surface area contributed by atoms with Gasteiger partial charge in [-0.05, 0) is 19.4 Å². The standard InChI is InChI=1S/C14H24N4O3/c1-12-9-17(10-13(21-12)11-20-2)14(19)15-5-3-7-18-8-4-6-16-18/h4,6,8,12-13H,3,5,7,9-11H2,1-2H3,(H,15,19). The smallest absolute Gasteiger partial charge is 0.317 e. The van der Waals surface area contributed by atoms with Crippen LogP contribution in [0.3, 0.4) is 0 Å². The first-order valence-corrected chi connectivity index (χ1v) is 7.33. The number of hydrogen-bond donors (Lipinski definition) is 1. The summed E-state index contributed by atoms with van der Waals surface area (Å²) in [5.41, 5.74) is 0. The van der Waals surface area contributed by atoms with Crippen molar-refractivity contribution >= 4 is 6.03 Å². The summed E-state index contributed by atoms with van der Waals surface area (Å²) < 4.78 is 12.7. The van der Waals surface area contributed by atoms with Gasteiger partial charge in [0.15, 0.2) is 0 Å². The van der Waals surface area contributed by atoms with Crippen LogP contribution < -0.4 is 5.32 Å². The quantitative estimate of drug-likeness (QED) is 0.785. The fraction of sp³-hybridized carbons (Fsp3) is 0.714. The third-order valence-electron chi connectivity index (χ3n) is 3.37. The Balaban J connectivity index is 1.69. The highest BCUT2D eigenvalue weighted by atomic mass is 16.5. The van der Waals surface area contributed by atoms with Crippen LogP contribution in [0.25, 0.3) is 0 Å². The van der Waals surface area contributed by atoms with E-state index in [-0.39, 0.29) is 18.2 Å². The van der Waals surface area contributed by atoms with E-state index in [4.69, 9.17) is 9.47 Å². The largest absolute Gasteiger partial charge is 0.382 e. The second kappa shape index (κ2) is 7.99. The zero-order chi connectivity index (χ0) is 15.1. The maximum absolute atomic E-state index is 12.2. The first-order chi connectivity index (χ1) is 10.2. The zero-order valence-electron chi connectivity index (χ0n) is 12.7. The van der Waals surface area contributed by atoms with E-state index in [1.165, 1.54) is 0 Å². The Morgan fingerprint density at radius 2 is 2.38 bits per heavy atom. The molecule has 7 nitrogen and oxygen atoms in total. The Kier molecular flexibility index (Phi) is 6.01. The van der Waals surface area contributed by atoms with Gasteiger partial charge in [-0.2, -0.15) is 5.10 Å². The molecule has 0 aliphatic carbocycles. The molecule has 1 aliphatic rings. The molecule has 1 aromatic rings. The molecule has 2 rings (SSSR count). The number of nitrogens with zero attached hydrogens (tertiary/aromatic N) is 3. The number of morpholine rings is 1. The molecular weight excluding hydrogens is 272 g/mol. The molecule has 7 heteroatoms. The summed E-state index contributed by atoms with van der Waals surface area (Å²) in [6.07, 6.45) is 4.52. The summed E-state index contributed by atoms with van der Waals surface area (Å²) in [5.74, 6) is 0. The number of nitrogens with one attached hydrogen (secondary N) is 1. The van der Waals surface area contributed by atoms with Crippen molar-refractivity contribution in [3.05, 3.63) is 18.5 Å². The number of methoxy groups -OCH3 is 1. The molecule has 118 valence electrons. The summed E-state index contributed by atoms with van der Waals surface area (Å²) in [6.45, 7) is 5.11. The highest BCUT2D eigenvalue weighted by molar-refractivity contribution is 5.74. The zero-order valence-corrected chi connectivity index (χ0v) is 12.7. The SMILES string of the molecule is COCC1CN(C(=O)NCCCn2cccn2)CC(C)O1. The average Bonchev–Trinajstić information content (AvgIpc) is 2.96. The van der Waals surface area contributed by atoms with Crippen molar-refractivity contribution < 1.29 is 14.3 Å². The van der Waals surface area contributed by atoms with Crippen molar-refractivity contribution in [2.24, 2.45) is 0 Å². The number of ether oxygens (including phenoxy) is 2. The lowest BCUT2D eigenvalue weighted by molar-refractivity contribution is -0.0896. The number of carbonyl (C=O) groups is 1. The minimum Gasteiger partial charge on any atom is -0.382 e. The van der Waals surface area contributed by atoms with Crippen molar-refractivity contribution in [2.75, 3.05) is 33.4 Å². The molecule has 0 saturated carbocycles. The fourth-order valence-electron chi connectivity index (χ4n) is 2.47. The predicted molar refractivity (Wildman–Crippen MR) is 78.0 cm³/mol. The van der Waals surface area contributed by atoms with Crippen LogP contribution in [0.5, 0.6) is 0 Å². The molecule has 2 atom stereocenters. The van der Waals surface area contributed by atoms with E-state index in [0.717, 1.165) is 13.0 Å². The monoisotopic (exact) mass is 296 g/mol. The van der Waals surface area contributed by atoms with Gasteiger partial charge in [0, 0.05) is 39.1 Å². The normalized spacial score (nSPS) is 22.3. The Bertz CT molecular complexity index is 424. The molecule has 2 amide bonds. The van der Waals surface area contributed by atoms with Gasteiger partial charge in [-0.15, -0.1) is 0 Å². The summed E-state index contributed by atoms with van der Waals surface area (Å²) in [7, 11) is 1.64. The highest BCUT2D eigenvalue weighted by Gasteiger charge is 2.28. The molecular formula is C14H24N4O3. The molecule has 2 heterocycles. The summed E-state index contributed by atoms with van der Waals surface area (Å²) in [4.78, 5) is 13.9. The van der Waals surface area contributed by atoms with Crippen molar-refractivity contribution in [1.82, 2.24) is 20.0 Å². The minimum atomic E-state index is -0.0476. The Hall–Kier alpha value is -1.60. The summed E-state index contributed by atoms with van der Waals surface area (Å²) in [5, 5.41) is 7.07. The molecule has 1 aliphatic heterocycles. The van der Waals surface area contributed by atoms with Gasteiger partial charge in [0.05, 0.1) is 25.4 Å². The van der Waals surface area contributed by atoms with Gasteiger partial charge in [-0.1, -0.05) is 0 Å². The van der Waals surface area contributed by atoms with E-state index in [1.54, 1.807) is 18.2 Å². The lowest BCUT2D eigenvalue weighted by atomic mass is 10.2. The summed E-state index contributed by atoms with van der Waals surface area (Å²) >= 11 is 0. The first-order valence-electron chi connectivity index (χ1n) is 7.33. The Morgan fingerprint density at radius 1 is 1.52 bits per heavy atom. The molecule has 2 unspecified atom stereocenters. The lowest BCUT2D eigenvalue weighted by Gasteiger charge is -2.36. The molecule has 0 radical (unpaired) electrons. The lowest BCUT2D eigenvalue weighted by Crippen LogP contribution is -2.53. The van der Waals surface area contributed by atoms with Crippen LogP contribution in [-0.4, -0.2) is 66.3 Å². The first kappa shape index (κ1) is 15.8. The van der Waals surface area contributed by atoms with Gasteiger partial charge < -0.3 is 19.7 Å². The van der Waals surface area contributed by atoms with Crippen LogP contribution >= 0.6 is 0 Å². The number of aryl methyl sites for hydroxylation is 1. The predicted octanol–water partition coefficient (Wildman–Crippen LogP) is 0.719. The summed E-state index contributed by atoms with van der Waals surface area (Å²) in [6, 6.07) is 1.86. The van der Waals surface area contributed by atoms with Gasteiger partial charge in [0.1, 0.15) is 0 Å². The minimum absolute atomic E-state index is 0.0354. The number of rotatable bonds is 6. The number of hydrogen-bond acceptors (Lipinski definition) is 4. The second-order valence-corrected chi connectivity index (χ2v) is 5.28. The van der Waals surface area contributed by atoms with E-state index < -0.39 is 0 Å². The number of amides is 2. The molecule has 1 aromatic heterocycles. The van der Waals surface area contributed by atoms with E-state index in [1.807, 2.05) is 23.9 Å². The fourth-order valence-corrected chi connectivity index (χ4v) is 2.47. The van der Waals surface area contributed by atoms with Crippen molar-refractivity contribution in [3.8, 4) is 0 Å². The molecule has 0 bridgehead atoms. The van der Waals surface area contributed by atoms with Crippen LogP contribution in [0.1, 0.15) is 13.3 Å². The Labute approximate surface area is 125 Å². The van der Waals surface area contributed by atoms with Gasteiger partial charge >= 0.3 is 6.03 Å².